The van der Waals surface area contributed by atoms with Gasteiger partial charge in [0.15, 0.2) is 5.78 Å². The predicted molar refractivity (Wildman–Crippen MR) is 113 cm³/mol. The number of likely N-dealkylation sites (tertiary alicyclic amines) is 1. The number of ketones is 1. The monoisotopic (exact) mass is 382 g/mol. The van der Waals surface area contributed by atoms with Crippen LogP contribution >= 0.6 is 0 Å². The minimum atomic E-state index is 0.168. The van der Waals surface area contributed by atoms with Crippen LogP contribution in [0.25, 0.3) is 0 Å². The summed E-state index contributed by atoms with van der Waals surface area (Å²) in [6.45, 7) is 12.5. The van der Waals surface area contributed by atoms with Crippen molar-refractivity contribution in [1.82, 2.24) is 14.9 Å². The van der Waals surface area contributed by atoms with Crippen molar-refractivity contribution in [2.75, 3.05) is 18.0 Å². The molecule has 2 bridgehead atoms. The molecule has 1 aromatic heterocycles. The number of hydrogen-bond donors (Lipinski definition) is 0. The number of piperazine rings is 1. The van der Waals surface area contributed by atoms with Crippen LogP contribution in [0.3, 0.4) is 0 Å². The quantitative estimate of drug-likeness (QED) is 0.722. The van der Waals surface area contributed by atoms with Gasteiger partial charge < -0.3 is 4.90 Å². The molecule has 1 aliphatic carbocycles. The zero-order valence-electron chi connectivity index (χ0n) is 17.6. The number of aromatic nitrogens is 2. The van der Waals surface area contributed by atoms with Crippen molar-refractivity contribution in [1.29, 1.82) is 0 Å². The molecule has 2 aliphatic heterocycles. The molecular weight excluding hydrogens is 348 g/mol. The Bertz CT molecular complexity index is 707. The van der Waals surface area contributed by atoms with Gasteiger partial charge in [0.2, 0.25) is 5.95 Å². The molecule has 1 aromatic rings. The van der Waals surface area contributed by atoms with Crippen molar-refractivity contribution in [3.8, 4) is 0 Å². The van der Waals surface area contributed by atoms with Crippen LogP contribution in [0, 0.1) is 5.92 Å². The van der Waals surface area contributed by atoms with Crippen molar-refractivity contribution in [2.24, 2.45) is 5.92 Å². The summed E-state index contributed by atoms with van der Waals surface area (Å²) in [5, 5.41) is 0. The molecule has 2 unspecified atom stereocenters. The van der Waals surface area contributed by atoms with Gasteiger partial charge in [-0.15, -0.1) is 0 Å². The minimum Gasteiger partial charge on any atom is -0.332 e. The smallest absolute Gasteiger partial charge is 0.225 e. The van der Waals surface area contributed by atoms with E-state index in [2.05, 4.69) is 30.2 Å². The number of allylic oxidation sites excluding steroid dienone is 1. The Hall–Kier alpha value is -1.75. The highest BCUT2D eigenvalue weighted by atomic mass is 16.1. The van der Waals surface area contributed by atoms with E-state index >= 15 is 0 Å². The van der Waals surface area contributed by atoms with E-state index in [9.17, 15) is 4.79 Å². The van der Waals surface area contributed by atoms with Crippen LogP contribution in [0.1, 0.15) is 70.8 Å². The first-order valence-electron chi connectivity index (χ1n) is 11.0. The molecule has 2 atom stereocenters. The van der Waals surface area contributed by atoms with Crippen LogP contribution in [-0.4, -0.2) is 51.9 Å². The van der Waals surface area contributed by atoms with Gasteiger partial charge in [-0.2, -0.15) is 0 Å². The van der Waals surface area contributed by atoms with Gasteiger partial charge >= 0.3 is 0 Å². The Morgan fingerprint density at radius 2 is 1.61 bits per heavy atom. The maximum absolute atomic E-state index is 12.2. The average molecular weight is 383 g/mol. The number of fused-ring (bicyclic) bond motifs is 2. The fourth-order valence-corrected chi connectivity index (χ4v) is 5.40. The van der Waals surface area contributed by atoms with Gasteiger partial charge in [-0.05, 0) is 76.4 Å². The Morgan fingerprint density at radius 1 is 1.04 bits per heavy atom. The molecule has 5 nitrogen and oxygen atoms in total. The maximum atomic E-state index is 12.2. The van der Waals surface area contributed by atoms with Crippen LogP contribution in [0.4, 0.5) is 5.95 Å². The Morgan fingerprint density at radius 3 is 2.11 bits per heavy atom. The Balaban J connectivity index is 1.39. The minimum absolute atomic E-state index is 0.168. The molecule has 152 valence electrons. The van der Waals surface area contributed by atoms with E-state index in [1.54, 1.807) is 0 Å². The third-order valence-corrected chi connectivity index (χ3v) is 7.12. The second-order valence-electron chi connectivity index (χ2n) is 9.35. The van der Waals surface area contributed by atoms with Gasteiger partial charge in [0, 0.05) is 49.5 Å². The Labute approximate surface area is 169 Å². The largest absolute Gasteiger partial charge is 0.332 e. The van der Waals surface area contributed by atoms with Crippen LogP contribution in [0.5, 0.6) is 0 Å². The predicted octanol–water partition coefficient (Wildman–Crippen LogP) is 3.96. The fraction of sp³-hybridized carbons (Fsp3) is 0.696. The number of carbonyl (C=O) groups excluding carboxylic acids is 1. The molecule has 0 amide bonds. The summed E-state index contributed by atoms with van der Waals surface area (Å²) in [4.78, 5) is 26.8. The van der Waals surface area contributed by atoms with Gasteiger partial charge in [-0.3, -0.25) is 9.69 Å². The molecule has 28 heavy (non-hydrogen) atoms. The summed E-state index contributed by atoms with van der Waals surface area (Å²) in [5.74, 6) is 1.81. The van der Waals surface area contributed by atoms with Gasteiger partial charge in [0.25, 0.3) is 0 Å². The van der Waals surface area contributed by atoms with E-state index in [0.717, 1.165) is 44.7 Å². The van der Waals surface area contributed by atoms with Crippen molar-refractivity contribution >= 4 is 11.7 Å². The topological polar surface area (TPSA) is 49.3 Å². The van der Waals surface area contributed by atoms with Crippen molar-refractivity contribution < 1.29 is 4.79 Å². The van der Waals surface area contributed by atoms with Crippen LogP contribution in [0.15, 0.2) is 24.5 Å². The summed E-state index contributed by atoms with van der Waals surface area (Å²) in [6.07, 6.45) is 10.6. The third kappa shape index (κ3) is 3.73. The first kappa shape index (κ1) is 19.6. The van der Waals surface area contributed by atoms with Crippen molar-refractivity contribution in [2.45, 2.75) is 83.3 Å². The molecule has 1 saturated carbocycles. The highest BCUT2D eigenvalue weighted by molar-refractivity contribution is 5.96. The number of nitrogens with zero attached hydrogens (tertiary/aromatic N) is 4. The Kier molecular flexibility index (Phi) is 5.55. The molecule has 0 spiro atoms. The highest BCUT2D eigenvalue weighted by Gasteiger charge is 2.41. The number of carbonyl (C=O) groups is 1. The summed E-state index contributed by atoms with van der Waals surface area (Å²) in [6, 6.07) is 1.71. The lowest BCUT2D eigenvalue weighted by Crippen LogP contribution is -2.56. The second kappa shape index (κ2) is 7.94. The van der Waals surface area contributed by atoms with E-state index in [4.69, 9.17) is 9.97 Å². The number of Topliss-reactive ketones (excluding diaryl/α,β-unsaturated/α-hetero) is 1. The molecule has 0 aromatic carbocycles. The summed E-state index contributed by atoms with van der Waals surface area (Å²) in [5.41, 5.74) is 1.93. The zero-order chi connectivity index (χ0) is 19.8. The second-order valence-corrected chi connectivity index (χ2v) is 9.35. The molecule has 0 radical (unpaired) electrons. The van der Waals surface area contributed by atoms with Gasteiger partial charge in [0.1, 0.15) is 0 Å². The van der Waals surface area contributed by atoms with Crippen molar-refractivity contribution in [3.05, 3.63) is 30.1 Å². The SMILES string of the molecule is C=C(C)C(=O)C1CCC(c2cnc(N3C4CCC3CN(C(C)C)C4)nc2)CC1. The van der Waals surface area contributed by atoms with E-state index in [1.807, 2.05) is 19.3 Å². The maximum Gasteiger partial charge on any atom is 0.225 e. The average Bonchev–Trinajstić information content (AvgIpc) is 2.96. The van der Waals surface area contributed by atoms with E-state index in [0.29, 0.717) is 29.6 Å². The third-order valence-electron chi connectivity index (χ3n) is 7.12. The van der Waals surface area contributed by atoms with Gasteiger partial charge in [-0.25, -0.2) is 9.97 Å². The molecule has 3 heterocycles. The van der Waals surface area contributed by atoms with Crippen LogP contribution in [-0.2, 0) is 4.79 Å². The van der Waals surface area contributed by atoms with Gasteiger partial charge in [0.05, 0.1) is 0 Å². The lowest BCUT2D eigenvalue weighted by atomic mass is 9.77. The number of anilines is 1. The van der Waals surface area contributed by atoms with E-state index < -0.39 is 0 Å². The van der Waals surface area contributed by atoms with Crippen LogP contribution in [0.2, 0.25) is 0 Å². The lowest BCUT2D eigenvalue weighted by Gasteiger charge is -2.42. The number of hydrogen-bond acceptors (Lipinski definition) is 5. The van der Waals surface area contributed by atoms with E-state index in [1.165, 1.54) is 18.4 Å². The first-order valence-corrected chi connectivity index (χ1v) is 11.0. The number of rotatable bonds is 5. The highest BCUT2D eigenvalue weighted by Crippen LogP contribution is 2.38. The molecule has 3 aliphatic rings. The first-order chi connectivity index (χ1) is 13.4. The van der Waals surface area contributed by atoms with Crippen molar-refractivity contribution in [3.63, 3.8) is 0 Å². The van der Waals surface area contributed by atoms with E-state index in [-0.39, 0.29) is 11.7 Å². The molecule has 5 heteroatoms. The molecule has 2 saturated heterocycles. The fourth-order valence-electron chi connectivity index (χ4n) is 5.40. The summed E-state index contributed by atoms with van der Waals surface area (Å²) < 4.78 is 0. The van der Waals surface area contributed by atoms with Crippen LogP contribution < -0.4 is 4.90 Å². The molecule has 4 rings (SSSR count). The normalized spacial score (nSPS) is 30.6. The summed E-state index contributed by atoms with van der Waals surface area (Å²) >= 11 is 0. The van der Waals surface area contributed by atoms with Gasteiger partial charge in [-0.1, -0.05) is 6.58 Å². The lowest BCUT2D eigenvalue weighted by molar-refractivity contribution is -0.120. The summed E-state index contributed by atoms with van der Waals surface area (Å²) in [7, 11) is 0. The molecule has 0 N–H and O–H groups in total. The zero-order valence-corrected chi connectivity index (χ0v) is 17.6. The standard InChI is InChI=1S/C23H34N4O/c1-15(2)22(28)18-7-5-17(6-8-18)19-11-24-23(25-12-19)27-20-9-10-21(27)14-26(13-20)16(3)4/h11-12,16-18,20-21H,1,5-10,13-14H2,2-4H3. The molecular formula is C23H34N4O. The molecule has 3 fully saturated rings.